The Labute approximate surface area is 142 Å². The fraction of sp³-hybridized carbons (Fsp3) is 0.250. The molecule has 3 aromatic rings. The van der Waals surface area contributed by atoms with Gasteiger partial charge < -0.3 is 15.4 Å². The van der Waals surface area contributed by atoms with Gasteiger partial charge >= 0.3 is 0 Å². The first kappa shape index (κ1) is 15.9. The molecule has 0 spiro atoms. The molecule has 0 aliphatic rings. The van der Waals surface area contributed by atoms with Gasteiger partial charge in [0.15, 0.2) is 0 Å². The van der Waals surface area contributed by atoms with Crippen molar-refractivity contribution in [3.8, 4) is 21.3 Å². The zero-order valence-electron chi connectivity index (χ0n) is 12.7. The lowest BCUT2D eigenvalue weighted by molar-refractivity contribution is 0.0999. The van der Waals surface area contributed by atoms with Crippen LogP contribution in [0.2, 0.25) is 0 Å². The van der Waals surface area contributed by atoms with E-state index in [4.69, 9.17) is 15.8 Å². The number of hydrogen-bond donors (Lipinski definition) is 2. The molecule has 0 saturated carbocycles. The fourth-order valence-electron chi connectivity index (χ4n) is 2.53. The molecule has 3 rings (SSSR count). The van der Waals surface area contributed by atoms with E-state index < -0.39 is 5.91 Å². The average molecular weight is 347 g/mol. The van der Waals surface area contributed by atoms with Gasteiger partial charge in [-0.2, -0.15) is 0 Å². The Hall–Kier alpha value is -1.96. The minimum absolute atomic E-state index is 0.0977. The molecule has 3 heterocycles. The quantitative estimate of drug-likeness (QED) is 0.719. The highest BCUT2D eigenvalue weighted by atomic mass is 32.1. The van der Waals surface area contributed by atoms with Crippen LogP contribution in [-0.4, -0.2) is 27.2 Å². The standard InChI is InChI=1S/C16H17N3O2S2/c1-10-11(15(17)21)8-13(19(10)5-3-6-20)12-9-23-16(18-12)14-4-2-7-22-14/h2,4,7-9,20H,3,5-6H2,1H3,(H2,17,21). The van der Waals surface area contributed by atoms with Gasteiger partial charge in [0, 0.05) is 24.2 Å². The molecule has 0 unspecified atom stereocenters. The number of rotatable bonds is 6. The molecule has 0 radical (unpaired) electrons. The van der Waals surface area contributed by atoms with Crippen LogP contribution in [0.5, 0.6) is 0 Å². The van der Waals surface area contributed by atoms with Gasteiger partial charge in [0.2, 0.25) is 0 Å². The minimum Gasteiger partial charge on any atom is -0.396 e. The van der Waals surface area contributed by atoms with Crippen LogP contribution >= 0.6 is 22.7 Å². The van der Waals surface area contributed by atoms with Crippen molar-refractivity contribution in [1.82, 2.24) is 9.55 Å². The molecule has 5 nitrogen and oxygen atoms in total. The monoisotopic (exact) mass is 347 g/mol. The first-order chi connectivity index (χ1) is 11.1. The largest absolute Gasteiger partial charge is 0.396 e. The maximum atomic E-state index is 11.6. The van der Waals surface area contributed by atoms with E-state index in [9.17, 15) is 4.79 Å². The molecule has 0 fully saturated rings. The molecule has 120 valence electrons. The summed E-state index contributed by atoms with van der Waals surface area (Å²) in [7, 11) is 0. The molecule has 3 aromatic heterocycles. The number of nitrogens with zero attached hydrogens (tertiary/aromatic N) is 2. The minimum atomic E-state index is -0.444. The number of nitrogens with two attached hydrogens (primary N) is 1. The van der Waals surface area contributed by atoms with Crippen LogP contribution in [-0.2, 0) is 6.54 Å². The maximum Gasteiger partial charge on any atom is 0.250 e. The van der Waals surface area contributed by atoms with E-state index >= 15 is 0 Å². The Bertz CT molecular complexity index is 819. The number of aliphatic hydroxyl groups is 1. The molecule has 1 amide bonds. The van der Waals surface area contributed by atoms with Crippen LogP contribution in [0.25, 0.3) is 21.3 Å². The highest BCUT2D eigenvalue weighted by Gasteiger charge is 2.18. The summed E-state index contributed by atoms with van der Waals surface area (Å²) in [6, 6.07) is 5.83. The second kappa shape index (κ2) is 6.66. The summed E-state index contributed by atoms with van der Waals surface area (Å²) in [6.45, 7) is 2.59. The number of thiazole rings is 1. The average Bonchev–Trinajstić information content (AvgIpc) is 3.24. The lowest BCUT2D eigenvalue weighted by atomic mass is 10.2. The number of aromatic nitrogens is 2. The molecular weight excluding hydrogens is 330 g/mol. The smallest absolute Gasteiger partial charge is 0.250 e. The Morgan fingerprint density at radius 3 is 2.91 bits per heavy atom. The number of thiophene rings is 1. The molecule has 7 heteroatoms. The lowest BCUT2D eigenvalue weighted by Crippen LogP contribution is -2.12. The molecular formula is C16H17N3O2S2. The summed E-state index contributed by atoms with van der Waals surface area (Å²) in [4.78, 5) is 17.5. The van der Waals surface area contributed by atoms with Crippen LogP contribution in [0, 0.1) is 6.92 Å². The van der Waals surface area contributed by atoms with Crippen LogP contribution in [0.1, 0.15) is 22.5 Å². The van der Waals surface area contributed by atoms with Crippen LogP contribution < -0.4 is 5.73 Å². The van der Waals surface area contributed by atoms with Crippen LogP contribution in [0.15, 0.2) is 29.0 Å². The predicted molar refractivity (Wildman–Crippen MR) is 93.8 cm³/mol. The lowest BCUT2D eigenvalue weighted by Gasteiger charge is -2.09. The van der Waals surface area contributed by atoms with E-state index in [1.807, 2.05) is 34.4 Å². The number of aliphatic hydroxyl groups excluding tert-OH is 1. The zero-order valence-corrected chi connectivity index (χ0v) is 14.3. The Balaban J connectivity index is 2.04. The van der Waals surface area contributed by atoms with Gasteiger partial charge in [-0.1, -0.05) is 6.07 Å². The molecule has 0 bridgehead atoms. The summed E-state index contributed by atoms with van der Waals surface area (Å²) in [5.41, 5.74) is 8.47. The van der Waals surface area contributed by atoms with E-state index in [0.717, 1.165) is 27.0 Å². The molecule has 0 atom stereocenters. The van der Waals surface area contributed by atoms with Crippen molar-refractivity contribution >= 4 is 28.6 Å². The van der Waals surface area contributed by atoms with Crippen molar-refractivity contribution < 1.29 is 9.90 Å². The maximum absolute atomic E-state index is 11.6. The van der Waals surface area contributed by atoms with Gasteiger partial charge in [0.1, 0.15) is 5.01 Å². The highest BCUT2D eigenvalue weighted by molar-refractivity contribution is 7.20. The molecule has 0 aliphatic carbocycles. The number of carbonyl (C=O) groups is 1. The Morgan fingerprint density at radius 1 is 1.43 bits per heavy atom. The highest BCUT2D eigenvalue weighted by Crippen LogP contribution is 2.33. The normalized spacial score (nSPS) is 11.0. The van der Waals surface area contributed by atoms with Crippen molar-refractivity contribution in [2.75, 3.05) is 6.61 Å². The number of primary amides is 1. The predicted octanol–water partition coefficient (Wildman–Crippen LogP) is 3.13. The van der Waals surface area contributed by atoms with Crippen molar-refractivity contribution in [1.29, 1.82) is 0 Å². The molecule has 0 aliphatic heterocycles. The van der Waals surface area contributed by atoms with Gasteiger partial charge in [0.05, 0.1) is 21.8 Å². The van der Waals surface area contributed by atoms with Crippen LogP contribution in [0.4, 0.5) is 0 Å². The van der Waals surface area contributed by atoms with Crippen molar-refractivity contribution in [3.05, 3.63) is 40.2 Å². The summed E-state index contributed by atoms with van der Waals surface area (Å²) in [5, 5.41) is 14.1. The molecule has 23 heavy (non-hydrogen) atoms. The van der Waals surface area contributed by atoms with E-state index in [1.165, 1.54) is 0 Å². The first-order valence-electron chi connectivity index (χ1n) is 7.22. The Kier molecular flexibility index (Phi) is 4.61. The summed E-state index contributed by atoms with van der Waals surface area (Å²) < 4.78 is 2.00. The molecule has 0 saturated heterocycles. The van der Waals surface area contributed by atoms with Gasteiger partial charge in [-0.3, -0.25) is 4.79 Å². The van der Waals surface area contributed by atoms with Crippen molar-refractivity contribution in [2.24, 2.45) is 5.73 Å². The zero-order chi connectivity index (χ0) is 16.4. The molecule has 3 N–H and O–H groups in total. The summed E-state index contributed by atoms with van der Waals surface area (Å²) in [6.07, 6.45) is 0.614. The fourth-order valence-corrected chi connectivity index (χ4v) is 4.16. The number of carbonyl (C=O) groups excluding carboxylic acids is 1. The van der Waals surface area contributed by atoms with Gasteiger partial charge in [-0.05, 0) is 30.9 Å². The van der Waals surface area contributed by atoms with E-state index in [0.29, 0.717) is 18.5 Å². The third kappa shape index (κ3) is 3.08. The molecule has 0 aromatic carbocycles. The van der Waals surface area contributed by atoms with Crippen LogP contribution in [0.3, 0.4) is 0 Å². The summed E-state index contributed by atoms with van der Waals surface area (Å²) in [5.74, 6) is -0.444. The van der Waals surface area contributed by atoms with E-state index in [1.54, 1.807) is 28.7 Å². The second-order valence-electron chi connectivity index (χ2n) is 5.14. The topological polar surface area (TPSA) is 81.1 Å². The first-order valence-corrected chi connectivity index (χ1v) is 8.98. The number of amides is 1. The van der Waals surface area contributed by atoms with Crippen molar-refractivity contribution in [2.45, 2.75) is 19.9 Å². The van der Waals surface area contributed by atoms with Crippen molar-refractivity contribution in [3.63, 3.8) is 0 Å². The van der Waals surface area contributed by atoms with Gasteiger partial charge in [-0.15, -0.1) is 22.7 Å². The SMILES string of the molecule is Cc1c(C(N)=O)cc(-c2csc(-c3cccs3)n2)n1CCCO. The summed E-state index contributed by atoms with van der Waals surface area (Å²) >= 11 is 3.23. The third-order valence-corrected chi connectivity index (χ3v) is 5.55. The third-order valence-electron chi connectivity index (χ3n) is 3.67. The second-order valence-corrected chi connectivity index (χ2v) is 6.94. The van der Waals surface area contributed by atoms with Gasteiger partial charge in [0.25, 0.3) is 5.91 Å². The van der Waals surface area contributed by atoms with E-state index in [2.05, 4.69) is 0 Å². The van der Waals surface area contributed by atoms with Gasteiger partial charge in [-0.25, -0.2) is 4.98 Å². The number of hydrogen-bond acceptors (Lipinski definition) is 5. The Morgan fingerprint density at radius 2 is 2.26 bits per heavy atom. The van der Waals surface area contributed by atoms with E-state index in [-0.39, 0.29) is 6.61 Å².